The van der Waals surface area contributed by atoms with E-state index in [2.05, 4.69) is 25.1 Å². The van der Waals surface area contributed by atoms with Crippen molar-refractivity contribution in [2.45, 2.75) is 44.9 Å². The zero-order chi connectivity index (χ0) is 16.5. The van der Waals surface area contributed by atoms with Gasteiger partial charge in [-0.1, -0.05) is 0 Å². The number of ether oxygens (including phenoxy) is 1. The van der Waals surface area contributed by atoms with Crippen LogP contribution in [0.5, 0.6) is 0 Å². The monoisotopic (exact) mass is 329 g/mol. The van der Waals surface area contributed by atoms with Crippen molar-refractivity contribution < 1.29 is 9.84 Å². The fourth-order valence-corrected chi connectivity index (χ4v) is 3.77. The Morgan fingerprint density at radius 2 is 2.29 bits per heavy atom. The Morgan fingerprint density at radius 3 is 3.17 bits per heavy atom. The van der Waals surface area contributed by atoms with Gasteiger partial charge in [0.1, 0.15) is 12.4 Å². The number of nitrogens with zero attached hydrogens (tertiary/aromatic N) is 4. The highest BCUT2D eigenvalue weighted by Gasteiger charge is 2.37. The van der Waals surface area contributed by atoms with E-state index in [1.54, 1.807) is 6.20 Å². The minimum absolute atomic E-state index is 0.218. The third-order valence-electron chi connectivity index (χ3n) is 5.14. The number of anilines is 1. The second kappa shape index (κ2) is 6.49. The molecule has 2 aromatic rings. The summed E-state index contributed by atoms with van der Waals surface area (Å²) in [5.74, 6) is 2.40. The van der Waals surface area contributed by atoms with Crippen LogP contribution in [0.25, 0.3) is 0 Å². The lowest BCUT2D eigenvalue weighted by Gasteiger charge is -2.18. The Balaban J connectivity index is 1.43. The number of aryl methyl sites for hydroxylation is 1. The fraction of sp³-hybridized carbons (Fsp3) is 0.588. The van der Waals surface area contributed by atoms with Crippen LogP contribution in [0.1, 0.15) is 36.0 Å². The third-order valence-corrected chi connectivity index (χ3v) is 5.14. The van der Waals surface area contributed by atoms with Crippen LogP contribution in [0.3, 0.4) is 0 Å². The molecule has 24 heavy (non-hydrogen) atoms. The molecule has 3 heterocycles. The summed E-state index contributed by atoms with van der Waals surface area (Å²) in [6.45, 7) is 4.85. The maximum Gasteiger partial charge on any atom is 0.159 e. The van der Waals surface area contributed by atoms with Crippen molar-refractivity contribution in [2.75, 3.05) is 18.5 Å². The number of hydrogen-bond donors (Lipinski definition) is 2. The van der Waals surface area contributed by atoms with E-state index in [0.717, 1.165) is 48.8 Å². The van der Waals surface area contributed by atoms with Gasteiger partial charge in [-0.05, 0) is 31.4 Å². The highest BCUT2D eigenvalue weighted by molar-refractivity contribution is 5.48. The lowest BCUT2D eigenvalue weighted by molar-refractivity contribution is 0.0801. The molecule has 1 saturated carbocycles. The van der Waals surface area contributed by atoms with E-state index in [4.69, 9.17) is 4.74 Å². The Morgan fingerprint density at radius 1 is 1.38 bits per heavy atom. The van der Waals surface area contributed by atoms with Gasteiger partial charge in [0.25, 0.3) is 0 Å². The molecule has 1 fully saturated rings. The summed E-state index contributed by atoms with van der Waals surface area (Å²) < 4.78 is 7.60. The molecule has 4 rings (SSSR count). The number of fused-ring (bicyclic) bond motifs is 1. The first-order valence-electron chi connectivity index (χ1n) is 8.54. The topological polar surface area (TPSA) is 85.1 Å². The summed E-state index contributed by atoms with van der Waals surface area (Å²) in [6.07, 6.45) is 5.00. The Kier molecular flexibility index (Phi) is 4.20. The molecule has 0 amide bonds. The van der Waals surface area contributed by atoms with Gasteiger partial charge in [0.05, 0.1) is 12.7 Å². The number of aliphatic hydroxyl groups excluding tert-OH is 1. The SMILES string of the molecule is Cc1cnccc1NC[C@H]1C[C@H](c2nnc3n2CCOC3)C[C@H]1O. The van der Waals surface area contributed by atoms with E-state index < -0.39 is 0 Å². The van der Waals surface area contributed by atoms with Crippen molar-refractivity contribution in [1.82, 2.24) is 19.7 Å². The van der Waals surface area contributed by atoms with Crippen LogP contribution in [0.4, 0.5) is 5.69 Å². The number of pyridine rings is 1. The average molecular weight is 329 g/mol. The van der Waals surface area contributed by atoms with Crippen molar-refractivity contribution in [1.29, 1.82) is 0 Å². The van der Waals surface area contributed by atoms with Crippen LogP contribution in [0, 0.1) is 12.8 Å². The van der Waals surface area contributed by atoms with Gasteiger partial charge < -0.3 is 19.7 Å². The molecular weight excluding hydrogens is 306 g/mol. The second-order valence-electron chi connectivity index (χ2n) is 6.75. The first-order valence-corrected chi connectivity index (χ1v) is 8.54. The van der Waals surface area contributed by atoms with Crippen molar-refractivity contribution in [2.24, 2.45) is 5.92 Å². The van der Waals surface area contributed by atoms with Crippen LogP contribution in [0.15, 0.2) is 18.5 Å². The molecule has 2 aromatic heterocycles. The van der Waals surface area contributed by atoms with Gasteiger partial charge in [0.2, 0.25) is 0 Å². The molecule has 1 aliphatic heterocycles. The maximum atomic E-state index is 10.5. The van der Waals surface area contributed by atoms with Gasteiger partial charge in [0.15, 0.2) is 5.82 Å². The summed E-state index contributed by atoms with van der Waals surface area (Å²) in [5.41, 5.74) is 2.20. The summed E-state index contributed by atoms with van der Waals surface area (Å²) in [4.78, 5) is 4.11. The quantitative estimate of drug-likeness (QED) is 0.884. The Hall–Kier alpha value is -1.99. The van der Waals surface area contributed by atoms with Gasteiger partial charge in [0, 0.05) is 43.0 Å². The van der Waals surface area contributed by atoms with E-state index in [9.17, 15) is 5.11 Å². The molecule has 0 bridgehead atoms. The van der Waals surface area contributed by atoms with Gasteiger partial charge in [-0.3, -0.25) is 4.98 Å². The van der Waals surface area contributed by atoms with Gasteiger partial charge in [-0.2, -0.15) is 0 Å². The van der Waals surface area contributed by atoms with E-state index in [-0.39, 0.29) is 17.9 Å². The largest absolute Gasteiger partial charge is 0.393 e. The van der Waals surface area contributed by atoms with Crippen LogP contribution >= 0.6 is 0 Å². The zero-order valence-electron chi connectivity index (χ0n) is 13.9. The predicted octanol–water partition coefficient (Wildman–Crippen LogP) is 1.48. The molecule has 2 aliphatic rings. The molecule has 1 aliphatic carbocycles. The second-order valence-corrected chi connectivity index (χ2v) is 6.75. The van der Waals surface area contributed by atoms with Crippen molar-refractivity contribution >= 4 is 5.69 Å². The number of rotatable bonds is 4. The van der Waals surface area contributed by atoms with Crippen LogP contribution in [0.2, 0.25) is 0 Å². The van der Waals surface area contributed by atoms with Crippen molar-refractivity contribution in [3.05, 3.63) is 35.7 Å². The maximum absolute atomic E-state index is 10.5. The molecule has 0 unspecified atom stereocenters. The first kappa shape index (κ1) is 15.5. The smallest absolute Gasteiger partial charge is 0.159 e. The van der Waals surface area contributed by atoms with Crippen LogP contribution in [-0.2, 0) is 17.9 Å². The lowest BCUT2D eigenvalue weighted by atomic mass is 10.0. The summed E-state index contributed by atoms with van der Waals surface area (Å²) in [5, 5.41) is 22.5. The molecule has 0 radical (unpaired) electrons. The Labute approximate surface area is 141 Å². The number of hydrogen-bond acceptors (Lipinski definition) is 6. The average Bonchev–Trinajstić information content (AvgIpc) is 3.17. The molecule has 0 spiro atoms. The summed E-state index contributed by atoms with van der Waals surface area (Å²) in [7, 11) is 0. The van der Waals surface area contributed by atoms with Gasteiger partial charge in [-0.25, -0.2) is 0 Å². The predicted molar refractivity (Wildman–Crippen MR) is 88.6 cm³/mol. The van der Waals surface area contributed by atoms with Crippen LogP contribution in [-0.4, -0.2) is 44.1 Å². The number of nitrogens with one attached hydrogen (secondary N) is 1. The van der Waals surface area contributed by atoms with E-state index in [0.29, 0.717) is 13.2 Å². The van der Waals surface area contributed by atoms with Crippen molar-refractivity contribution in [3.63, 3.8) is 0 Å². The molecule has 0 saturated heterocycles. The molecule has 3 atom stereocenters. The molecular formula is C17H23N5O2. The normalized spacial score (nSPS) is 26.3. The minimum Gasteiger partial charge on any atom is -0.393 e. The Bertz CT molecular complexity index is 717. The standard InChI is InChI=1S/C17H23N5O2/c1-11-8-18-3-2-14(11)19-9-13-6-12(7-15(13)23)17-21-20-16-10-24-5-4-22(16)17/h2-3,8,12-13,15,23H,4-7,9-10H2,1H3,(H,18,19)/t12-,13+,15+/m0/s1. The van der Waals surface area contributed by atoms with Gasteiger partial charge in [-0.15, -0.1) is 10.2 Å². The molecule has 7 heteroatoms. The highest BCUT2D eigenvalue weighted by atomic mass is 16.5. The molecule has 7 nitrogen and oxygen atoms in total. The van der Waals surface area contributed by atoms with E-state index in [1.807, 2.05) is 19.2 Å². The molecule has 0 aromatic carbocycles. The highest BCUT2D eigenvalue weighted by Crippen LogP contribution is 2.38. The fourth-order valence-electron chi connectivity index (χ4n) is 3.77. The molecule has 128 valence electrons. The number of aromatic nitrogens is 4. The van der Waals surface area contributed by atoms with E-state index in [1.165, 1.54) is 0 Å². The third kappa shape index (κ3) is 2.89. The number of aliphatic hydroxyl groups is 1. The summed E-state index contributed by atoms with van der Waals surface area (Å²) >= 11 is 0. The minimum atomic E-state index is -0.308. The van der Waals surface area contributed by atoms with Gasteiger partial charge >= 0.3 is 0 Å². The lowest BCUT2D eigenvalue weighted by Crippen LogP contribution is -2.22. The zero-order valence-corrected chi connectivity index (χ0v) is 13.9. The van der Waals surface area contributed by atoms with E-state index >= 15 is 0 Å². The van der Waals surface area contributed by atoms with Crippen molar-refractivity contribution in [3.8, 4) is 0 Å². The summed E-state index contributed by atoms with van der Waals surface area (Å²) in [6, 6.07) is 1.98. The molecule has 2 N–H and O–H groups in total. The first-order chi connectivity index (χ1) is 11.7. The van der Waals surface area contributed by atoms with Crippen LogP contribution < -0.4 is 5.32 Å².